The van der Waals surface area contributed by atoms with Crippen LogP contribution in [-0.4, -0.2) is 36.0 Å². The molecule has 3 rings (SSSR count). The van der Waals surface area contributed by atoms with Crippen molar-refractivity contribution in [2.45, 2.75) is 57.0 Å². The third-order valence-electron chi connectivity index (χ3n) is 5.45. The second-order valence-electron chi connectivity index (χ2n) is 7.24. The van der Waals surface area contributed by atoms with E-state index in [4.69, 9.17) is 5.73 Å². The lowest BCUT2D eigenvalue weighted by molar-refractivity contribution is -0.126. The van der Waals surface area contributed by atoms with Crippen LogP contribution in [0.3, 0.4) is 0 Å². The summed E-state index contributed by atoms with van der Waals surface area (Å²) in [7, 11) is 0. The van der Waals surface area contributed by atoms with Crippen molar-refractivity contribution >= 4 is 30.7 Å². The van der Waals surface area contributed by atoms with Crippen LogP contribution in [0.2, 0.25) is 0 Å². The molecule has 1 aromatic carbocycles. The third-order valence-corrected chi connectivity index (χ3v) is 5.45. The number of nitrogens with one attached hydrogen (secondary N) is 1. The molecule has 142 valence electrons. The van der Waals surface area contributed by atoms with Crippen molar-refractivity contribution < 1.29 is 4.79 Å². The quantitative estimate of drug-likeness (QED) is 0.813. The molecule has 6 heteroatoms. The van der Waals surface area contributed by atoms with E-state index in [1.807, 2.05) is 0 Å². The van der Waals surface area contributed by atoms with Gasteiger partial charge in [-0.15, -0.1) is 24.8 Å². The first-order valence-corrected chi connectivity index (χ1v) is 8.96. The molecule has 1 aromatic rings. The summed E-state index contributed by atoms with van der Waals surface area (Å²) in [6.45, 7) is 4.99. The van der Waals surface area contributed by atoms with Gasteiger partial charge in [0.05, 0.1) is 11.6 Å². The fourth-order valence-corrected chi connectivity index (χ4v) is 3.90. The standard InChI is InChI=1S/C19H29N3O.2ClH/c1-15-6-8-16(9-7-15)17(22-12-4-5-13-22)14-21-18(23)19(20)10-2-3-11-19;;/h6-9,17H,2-5,10-14,20H2,1H3,(H,21,23);2*1H. The SMILES string of the molecule is Cc1ccc(C(CNC(=O)C2(N)CCCC2)N2CCCC2)cc1.Cl.Cl. The average Bonchev–Trinajstić information content (AvgIpc) is 3.21. The van der Waals surface area contributed by atoms with Crippen molar-refractivity contribution in [3.8, 4) is 0 Å². The summed E-state index contributed by atoms with van der Waals surface area (Å²) in [4.78, 5) is 15.0. The van der Waals surface area contributed by atoms with Gasteiger partial charge in [0.25, 0.3) is 0 Å². The molecular weight excluding hydrogens is 357 g/mol. The van der Waals surface area contributed by atoms with E-state index in [0.717, 1.165) is 38.8 Å². The van der Waals surface area contributed by atoms with E-state index >= 15 is 0 Å². The molecule has 1 atom stereocenters. The van der Waals surface area contributed by atoms with Crippen LogP contribution in [0.5, 0.6) is 0 Å². The van der Waals surface area contributed by atoms with Gasteiger partial charge in [0.15, 0.2) is 0 Å². The van der Waals surface area contributed by atoms with Crippen LogP contribution in [0.15, 0.2) is 24.3 Å². The number of benzene rings is 1. The van der Waals surface area contributed by atoms with Gasteiger partial charge in [-0.25, -0.2) is 0 Å². The molecule has 1 heterocycles. The maximum absolute atomic E-state index is 12.5. The van der Waals surface area contributed by atoms with E-state index in [9.17, 15) is 4.79 Å². The van der Waals surface area contributed by atoms with Crippen LogP contribution >= 0.6 is 24.8 Å². The van der Waals surface area contributed by atoms with Gasteiger partial charge in [-0.1, -0.05) is 42.7 Å². The number of nitrogens with zero attached hydrogens (tertiary/aromatic N) is 1. The van der Waals surface area contributed by atoms with Gasteiger partial charge >= 0.3 is 0 Å². The van der Waals surface area contributed by atoms with Crippen molar-refractivity contribution in [3.63, 3.8) is 0 Å². The zero-order valence-corrected chi connectivity index (χ0v) is 16.6. The molecule has 1 unspecified atom stereocenters. The van der Waals surface area contributed by atoms with E-state index in [0.29, 0.717) is 6.54 Å². The lowest BCUT2D eigenvalue weighted by Gasteiger charge is -2.30. The number of nitrogens with two attached hydrogens (primary N) is 1. The third kappa shape index (κ3) is 5.33. The highest BCUT2D eigenvalue weighted by molar-refractivity contribution is 5.86. The molecule has 0 aromatic heterocycles. The highest BCUT2D eigenvalue weighted by atomic mass is 35.5. The summed E-state index contributed by atoms with van der Waals surface area (Å²) < 4.78 is 0. The Morgan fingerprint density at radius 1 is 1.12 bits per heavy atom. The predicted octanol–water partition coefficient (Wildman–Crippen LogP) is 3.36. The largest absolute Gasteiger partial charge is 0.353 e. The minimum Gasteiger partial charge on any atom is -0.353 e. The lowest BCUT2D eigenvalue weighted by Crippen LogP contribution is -2.53. The Balaban J connectivity index is 0.00000156. The van der Waals surface area contributed by atoms with Crippen molar-refractivity contribution in [1.82, 2.24) is 10.2 Å². The smallest absolute Gasteiger partial charge is 0.240 e. The van der Waals surface area contributed by atoms with Gasteiger partial charge in [0.2, 0.25) is 5.91 Å². The molecule has 1 saturated carbocycles. The highest BCUT2D eigenvalue weighted by Gasteiger charge is 2.37. The first-order valence-electron chi connectivity index (χ1n) is 8.96. The van der Waals surface area contributed by atoms with Crippen LogP contribution < -0.4 is 11.1 Å². The molecular formula is C19H31Cl2N3O. The molecule has 3 N–H and O–H groups in total. The minimum absolute atomic E-state index is 0. The zero-order chi connectivity index (χ0) is 16.3. The fourth-order valence-electron chi connectivity index (χ4n) is 3.90. The molecule has 0 bridgehead atoms. The van der Waals surface area contributed by atoms with Crippen molar-refractivity contribution in [3.05, 3.63) is 35.4 Å². The van der Waals surface area contributed by atoms with Crippen LogP contribution in [-0.2, 0) is 4.79 Å². The number of carbonyl (C=O) groups excluding carboxylic acids is 1. The number of hydrogen-bond donors (Lipinski definition) is 2. The summed E-state index contributed by atoms with van der Waals surface area (Å²) in [6, 6.07) is 8.95. The Morgan fingerprint density at radius 3 is 2.24 bits per heavy atom. The first kappa shape index (κ1) is 22.2. The van der Waals surface area contributed by atoms with Gasteiger partial charge < -0.3 is 11.1 Å². The molecule has 1 aliphatic carbocycles. The number of rotatable bonds is 5. The number of hydrogen-bond acceptors (Lipinski definition) is 3. The Bertz CT molecular complexity index is 538. The van der Waals surface area contributed by atoms with Crippen molar-refractivity contribution in [2.24, 2.45) is 5.73 Å². The molecule has 0 spiro atoms. The van der Waals surface area contributed by atoms with Gasteiger partial charge in [-0.2, -0.15) is 0 Å². The molecule has 4 nitrogen and oxygen atoms in total. The van der Waals surface area contributed by atoms with Gasteiger partial charge in [0, 0.05) is 6.54 Å². The van der Waals surface area contributed by atoms with E-state index < -0.39 is 5.54 Å². The monoisotopic (exact) mass is 387 g/mol. The zero-order valence-electron chi connectivity index (χ0n) is 15.0. The number of likely N-dealkylation sites (tertiary alicyclic amines) is 1. The van der Waals surface area contributed by atoms with E-state index in [-0.39, 0.29) is 36.8 Å². The average molecular weight is 388 g/mol. The summed E-state index contributed by atoms with van der Waals surface area (Å²) in [6.07, 6.45) is 6.26. The minimum atomic E-state index is -0.636. The topological polar surface area (TPSA) is 58.4 Å². The molecule has 2 aliphatic rings. The Labute approximate surface area is 163 Å². The molecule has 25 heavy (non-hydrogen) atoms. The molecule has 1 amide bonds. The van der Waals surface area contributed by atoms with Gasteiger partial charge in [-0.3, -0.25) is 9.69 Å². The Kier molecular flexibility index (Phi) is 8.69. The van der Waals surface area contributed by atoms with Crippen LogP contribution in [0.4, 0.5) is 0 Å². The van der Waals surface area contributed by atoms with E-state index in [2.05, 4.69) is 41.4 Å². The first-order chi connectivity index (χ1) is 11.1. The summed E-state index contributed by atoms with van der Waals surface area (Å²) in [5.74, 6) is 0.0336. The van der Waals surface area contributed by atoms with Crippen LogP contribution in [0.1, 0.15) is 55.7 Å². The number of halogens is 2. The van der Waals surface area contributed by atoms with Crippen LogP contribution in [0.25, 0.3) is 0 Å². The van der Waals surface area contributed by atoms with Gasteiger partial charge in [-0.05, 0) is 51.3 Å². The molecule has 0 radical (unpaired) electrons. The van der Waals surface area contributed by atoms with Crippen molar-refractivity contribution in [2.75, 3.05) is 19.6 Å². The van der Waals surface area contributed by atoms with E-state index in [1.165, 1.54) is 24.0 Å². The molecule has 1 saturated heterocycles. The molecule has 2 fully saturated rings. The summed E-state index contributed by atoms with van der Waals surface area (Å²) in [5.41, 5.74) is 8.19. The summed E-state index contributed by atoms with van der Waals surface area (Å²) in [5, 5.41) is 3.15. The Hall–Kier alpha value is -0.810. The predicted molar refractivity (Wildman–Crippen MR) is 108 cm³/mol. The second kappa shape index (κ2) is 9.77. The van der Waals surface area contributed by atoms with Crippen LogP contribution in [0, 0.1) is 6.92 Å². The molecule has 1 aliphatic heterocycles. The fraction of sp³-hybridized carbons (Fsp3) is 0.632. The highest BCUT2D eigenvalue weighted by Crippen LogP contribution is 2.28. The Morgan fingerprint density at radius 2 is 1.68 bits per heavy atom. The van der Waals surface area contributed by atoms with Crippen molar-refractivity contribution in [1.29, 1.82) is 0 Å². The maximum Gasteiger partial charge on any atom is 0.240 e. The van der Waals surface area contributed by atoms with E-state index in [1.54, 1.807) is 0 Å². The normalized spacial score (nSPS) is 20.4. The second-order valence-corrected chi connectivity index (χ2v) is 7.24. The lowest BCUT2D eigenvalue weighted by atomic mass is 9.97. The van der Waals surface area contributed by atoms with Gasteiger partial charge in [0.1, 0.15) is 0 Å². The number of amides is 1. The maximum atomic E-state index is 12.5. The number of aryl methyl sites for hydroxylation is 1. The number of carbonyl (C=O) groups is 1. The summed E-state index contributed by atoms with van der Waals surface area (Å²) >= 11 is 0.